The van der Waals surface area contributed by atoms with Gasteiger partial charge in [0, 0.05) is 12.0 Å². The Kier molecular flexibility index (Phi) is 5.81. The Morgan fingerprint density at radius 3 is 2.50 bits per heavy atom. The zero-order chi connectivity index (χ0) is 19.3. The summed E-state index contributed by atoms with van der Waals surface area (Å²) in [5.41, 5.74) is 0.414. The highest BCUT2D eigenvalue weighted by molar-refractivity contribution is 5.84. The van der Waals surface area contributed by atoms with Gasteiger partial charge in [0.05, 0.1) is 20.4 Å². The van der Waals surface area contributed by atoms with Gasteiger partial charge in [0.1, 0.15) is 6.54 Å². The number of carboxylic acids is 1. The molecular formula is C17H22N4O5. The molecule has 0 aliphatic heterocycles. The molecule has 1 aromatic carbocycles. The first-order chi connectivity index (χ1) is 12.3. The van der Waals surface area contributed by atoms with E-state index in [4.69, 9.17) is 14.6 Å². The molecule has 0 atom stereocenters. The van der Waals surface area contributed by atoms with Gasteiger partial charge < -0.3 is 19.9 Å². The van der Waals surface area contributed by atoms with E-state index in [1.165, 1.54) is 10.9 Å². The van der Waals surface area contributed by atoms with Crippen LogP contribution in [0.2, 0.25) is 0 Å². The summed E-state index contributed by atoms with van der Waals surface area (Å²) >= 11 is 0. The van der Waals surface area contributed by atoms with Gasteiger partial charge in [0.25, 0.3) is 0 Å². The molecule has 2 rings (SSSR count). The Morgan fingerprint density at radius 1 is 1.23 bits per heavy atom. The fourth-order valence-electron chi connectivity index (χ4n) is 2.36. The van der Waals surface area contributed by atoms with Crippen LogP contribution in [0.1, 0.15) is 29.9 Å². The summed E-state index contributed by atoms with van der Waals surface area (Å²) in [6, 6.07) is 5.62. The van der Waals surface area contributed by atoms with E-state index in [9.17, 15) is 9.59 Å². The molecule has 0 bridgehead atoms. The Morgan fingerprint density at radius 2 is 1.92 bits per heavy atom. The van der Waals surface area contributed by atoms with Crippen molar-refractivity contribution in [3.63, 3.8) is 0 Å². The van der Waals surface area contributed by atoms with E-state index in [1.807, 2.05) is 32.0 Å². The highest BCUT2D eigenvalue weighted by atomic mass is 16.5. The maximum atomic E-state index is 12.1. The fourth-order valence-corrected chi connectivity index (χ4v) is 2.36. The first-order valence-corrected chi connectivity index (χ1v) is 7.89. The molecule has 2 aromatic rings. The van der Waals surface area contributed by atoms with Crippen LogP contribution in [0.4, 0.5) is 0 Å². The minimum absolute atomic E-state index is 0.109. The second-order valence-corrected chi connectivity index (χ2v) is 6.34. The molecule has 0 aliphatic carbocycles. The van der Waals surface area contributed by atoms with Crippen LogP contribution in [0.3, 0.4) is 0 Å². The van der Waals surface area contributed by atoms with E-state index < -0.39 is 5.97 Å². The molecule has 0 aliphatic rings. The minimum Gasteiger partial charge on any atom is -0.493 e. The highest BCUT2D eigenvalue weighted by Crippen LogP contribution is 2.32. The van der Waals surface area contributed by atoms with Gasteiger partial charge in [-0.25, -0.2) is 9.48 Å². The predicted octanol–water partition coefficient (Wildman–Crippen LogP) is 1.09. The number of amides is 1. The smallest absolute Gasteiger partial charge is 0.358 e. The normalized spacial score (nSPS) is 11.1. The molecule has 0 saturated heterocycles. The van der Waals surface area contributed by atoms with Crippen molar-refractivity contribution < 1.29 is 24.2 Å². The second-order valence-electron chi connectivity index (χ2n) is 6.34. The Bertz CT molecular complexity index is 800. The van der Waals surface area contributed by atoms with Gasteiger partial charge in [-0.1, -0.05) is 25.1 Å². The monoisotopic (exact) mass is 362 g/mol. The van der Waals surface area contributed by atoms with E-state index in [0.29, 0.717) is 18.0 Å². The molecule has 0 spiro atoms. The number of benzene rings is 1. The zero-order valence-corrected chi connectivity index (χ0v) is 15.1. The summed E-state index contributed by atoms with van der Waals surface area (Å²) in [6.07, 6.45) is 1.21. The predicted molar refractivity (Wildman–Crippen MR) is 92.6 cm³/mol. The lowest BCUT2D eigenvalue weighted by atomic mass is 9.84. The van der Waals surface area contributed by atoms with Gasteiger partial charge >= 0.3 is 5.97 Å². The topological polar surface area (TPSA) is 116 Å². The Balaban J connectivity index is 2.00. The van der Waals surface area contributed by atoms with E-state index in [1.54, 1.807) is 14.2 Å². The number of carboxylic acid groups (broad SMARTS) is 1. The van der Waals surface area contributed by atoms with Crippen LogP contribution in [0.25, 0.3) is 0 Å². The average Bonchev–Trinajstić information content (AvgIpc) is 3.08. The van der Waals surface area contributed by atoms with Gasteiger partial charge in [-0.15, -0.1) is 5.10 Å². The number of carbonyl (C=O) groups is 2. The van der Waals surface area contributed by atoms with Crippen molar-refractivity contribution in [1.29, 1.82) is 0 Å². The lowest BCUT2D eigenvalue weighted by Crippen LogP contribution is -2.38. The number of aromatic carboxylic acids is 1. The summed E-state index contributed by atoms with van der Waals surface area (Å²) in [7, 11) is 3.14. The first-order valence-electron chi connectivity index (χ1n) is 7.89. The van der Waals surface area contributed by atoms with Gasteiger partial charge in [-0.3, -0.25) is 4.79 Å². The number of ether oxygens (including phenoxy) is 2. The van der Waals surface area contributed by atoms with Crippen molar-refractivity contribution in [2.75, 3.05) is 20.8 Å². The minimum atomic E-state index is -1.19. The van der Waals surface area contributed by atoms with Gasteiger partial charge in [-0.05, 0) is 17.7 Å². The third-order valence-electron chi connectivity index (χ3n) is 3.96. The maximum absolute atomic E-state index is 12.1. The van der Waals surface area contributed by atoms with Gasteiger partial charge in [0.15, 0.2) is 17.2 Å². The van der Waals surface area contributed by atoms with E-state index >= 15 is 0 Å². The average molecular weight is 362 g/mol. The first kappa shape index (κ1) is 19.2. The molecule has 1 aromatic heterocycles. The standard InChI is InChI=1S/C17H22N4O5/c1-17(2,11-5-6-13(25-3)14(7-11)26-4)10-18-15(22)9-21-8-12(16(23)24)19-20-21/h5-8H,9-10H2,1-4H3,(H,18,22)(H,23,24). The number of hydrogen-bond acceptors (Lipinski definition) is 6. The summed E-state index contributed by atoms with van der Waals surface area (Å²) in [6.45, 7) is 4.25. The number of rotatable bonds is 8. The van der Waals surface area contributed by atoms with Crippen LogP contribution < -0.4 is 14.8 Å². The van der Waals surface area contributed by atoms with Crippen LogP contribution in [0, 0.1) is 0 Å². The van der Waals surface area contributed by atoms with Crippen LogP contribution in [0.15, 0.2) is 24.4 Å². The van der Waals surface area contributed by atoms with E-state index in [2.05, 4.69) is 15.6 Å². The number of hydrogen-bond donors (Lipinski definition) is 2. The van der Waals surface area contributed by atoms with Gasteiger partial charge in [-0.2, -0.15) is 0 Å². The molecule has 26 heavy (non-hydrogen) atoms. The molecule has 1 heterocycles. The third kappa shape index (κ3) is 4.50. The summed E-state index contributed by atoms with van der Waals surface area (Å²) in [5.74, 6) is -0.226. The van der Waals surface area contributed by atoms with Crippen molar-refractivity contribution in [3.05, 3.63) is 35.7 Å². The molecule has 0 radical (unpaired) electrons. The van der Waals surface area contributed by atoms with E-state index in [-0.39, 0.29) is 23.6 Å². The largest absolute Gasteiger partial charge is 0.493 e. The number of nitrogens with one attached hydrogen (secondary N) is 1. The van der Waals surface area contributed by atoms with Crippen molar-refractivity contribution in [1.82, 2.24) is 20.3 Å². The summed E-state index contributed by atoms with van der Waals surface area (Å²) < 4.78 is 11.7. The molecule has 9 nitrogen and oxygen atoms in total. The molecular weight excluding hydrogens is 340 g/mol. The van der Waals surface area contributed by atoms with Crippen LogP contribution >= 0.6 is 0 Å². The number of aromatic nitrogens is 3. The van der Waals surface area contributed by atoms with Crippen molar-refractivity contribution >= 4 is 11.9 Å². The van der Waals surface area contributed by atoms with Crippen molar-refractivity contribution in [3.8, 4) is 11.5 Å². The summed E-state index contributed by atoms with van der Waals surface area (Å²) in [4.78, 5) is 22.9. The molecule has 0 fully saturated rings. The van der Waals surface area contributed by atoms with Gasteiger partial charge in [0.2, 0.25) is 5.91 Å². The van der Waals surface area contributed by atoms with Crippen LogP contribution in [0.5, 0.6) is 11.5 Å². The molecule has 140 valence electrons. The molecule has 0 unspecified atom stereocenters. The fraction of sp³-hybridized carbons (Fsp3) is 0.412. The third-order valence-corrected chi connectivity index (χ3v) is 3.96. The molecule has 0 saturated carbocycles. The lowest BCUT2D eigenvalue weighted by Gasteiger charge is -2.26. The number of nitrogens with zero attached hydrogens (tertiary/aromatic N) is 3. The molecule has 9 heteroatoms. The Labute approximate surface area is 150 Å². The maximum Gasteiger partial charge on any atom is 0.358 e. The van der Waals surface area contributed by atoms with Crippen LogP contribution in [-0.4, -0.2) is 52.7 Å². The highest BCUT2D eigenvalue weighted by Gasteiger charge is 2.23. The molecule has 2 N–H and O–H groups in total. The van der Waals surface area contributed by atoms with Crippen molar-refractivity contribution in [2.45, 2.75) is 25.8 Å². The SMILES string of the molecule is COc1ccc(C(C)(C)CNC(=O)Cn2cc(C(=O)O)nn2)cc1OC. The number of carbonyl (C=O) groups excluding carboxylic acids is 1. The quantitative estimate of drug-likeness (QED) is 0.722. The van der Waals surface area contributed by atoms with Crippen LogP contribution in [-0.2, 0) is 16.8 Å². The Hall–Kier alpha value is -3.10. The summed E-state index contributed by atoms with van der Waals surface area (Å²) in [5, 5.41) is 18.7. The van der Waals surface area contributed by atoms with E-state index in [0.717, 1.165) is 5.56 Å². The second kappa shape index (κ2) is 7.85. The number of methoxy groups -OCH3 is 2. The lowest BCUT2D eigenvalue weighted by molar-refractivity contribution is -0.122. The zero-order valence-electron chi connectivity index (χ0n) is 15.1. The molecule has 1 amide bonds. The van der Waals surface area contributed by atoms with Crippen molar-refractivity contribution in [2.24, 2.45) is 0 Å².